The molecule has 0 saturated carbocycles. The van der Waals surface area contributed by atoms with Crippen molar-refractivity contribution in [3.05, 3.63) is 56.3 Å². The summed E-state index contributed by atoms with van der Waals surface area (Å²) in [5.41, 5.74) is 2.32. The highest BCUT2D eigenvalue weighted by atomic mass is 16.6. The molecule has 0 amide bonds. The maximum absolute atomic E-state index is 10.9. The molecule has 106 valence electrons. The molecule has 1 aromatic carbocycles. The molecule has 0 unspecified atom stereocenters. The van der Waals surface area contributed by atoms with Crippen molar-refractivity contribution in [3.8, 4) is 6.07 Å². The Bertz CT molecular complexity index is 782. The minimum Gasteiger partial charge on any atom is -0.442 e. The van der Waals surface area contributed by atoms with Crippen molar-refractivity contribution in [3.63, 3.8) is 0 Å². The average molecular weight is 283 g/mol. The standard InChI is InChI=1S/C15H13N3O3/c1-9-4-5-12(6-14(9)18(19)20)8-17-15-13(7-16)10(2)11(3)21-15/h4-6,8H,1-3H3. The SMILES string of the molecule is Cc1ccc(C=Nc2oc(C)c(C)c2C#N)cc1[N+](=O)[O-]. The summed E-state index contributed by atoms with van der Waals surface area (Å²) in [7, 11) is 0. The Labute approximate surface area is 121 Å². The monoisotopic (exact) mass is 283 g/mol. The quantitative estimate of drug-likeness (QED) is 0.487. The van der Waals surface area contributed by atoms with Crippen molar-refractivity contribution in [2.75, 3.05) is 0 Å². The number of benzene rings is 1. The number of nitriles is 1. The van der Waals surface area contributed by atoms with Crippen LogP contribution in [0.5, 0.6) is 0 Å². The molecule has 0 aliphatic rings. The van der Waals surface area contributed by atoms with Gasteiger partial charge in [-0.3, -0.25) is 10.1 Å². The predicted molar refractivity (Wildman–Crippen MR) is 78.0 cm³/mol. The number of aryl methyl sites for hydroxylation is 2. The van der Waals surface area contributed by atoms with Crippen LogP contribution in [0.15, 0.2) is 27.6 Å². The van der Waals surface area contributed by atoms with E-state index in [2.05, 4.69) is 4.99 Å². The highest BCUT2D eigenvalue weighted by Crippen LogP contribution is 2.28. The van der Waals surface area contributed by atoms with Gasteiger partial charge in [0.1, 0.15) is 17.4 Å². The zero-order valence-corrected chi connectivity index (χ0v) is 11.9. The lowest BCUT2D eigenvalue weighted by Gasteiger charge is -1.98. The van der Waals surface area contributed by atoms with Crippen LogP contribution in [0.3, 0.4) is 0 Å². The van der Waals surface area contributed by atoms with Gasteiger partial charge in [0.05, 0.1) is 4.92 Å². The minimum atomic E-state index is -0.436. The zero-order valence-electron chi connectivity index (χ0n) is 11.9. The van der Waals surface area contributed by atoms with E-state index < -0.39 is 4.92 Å². The fourth-order valence-corrected chi connectivity index (χ4v) is 1.87. The third-order valence-corrected chi connectivity index (χ3v) is 3.24. The van der Waals surface area contributed by atoms with Crippen molar-refractivity contribution in [2.45, 2.75) is 20.8 Å². The molecule has 1 heterocycles. The van der Waals surface area contributed by atoms with Crippen LogP contribution in [-0.2, 0) is 0 Å². The number of furan rings is 1. The Hall–Kier alpha value is -2.94. The summed E-state index contributed by atoms with van der Waals surface area (Å²) in [6.07, 6.45) is 1.45. The van der Waals surface area contributed by atoms with E-state index >= 15 is 0 Å². The molecule has 0 aliphatic heterocycles. The second-order valence-electron chi connectivity index (χ2n) is 4.64. The Morgan fingerprint density at radius 2 is 2.10 bits per heavy atom. The van der Waals surface area contributed by atoms with E-state index in [0.29, 0.717) is 22.5 Å². The summed E-state index contributed by atoms with van der Waals surface area (Å²) in [6, 6.07) is 6.86. The van der Waals surface area contributed by atoms with Gasteiger partial charge in [0, 0.05) is 23.4 Å². The Morgan fingerprint density at radius 1 is 1.38 bits per heavy atom. The van der Waals surface area contributed by atoms with Gasteiger partial charge in [0.25, 0.3) is 5.69 Å². The van der Waals surface area contributed by atoms with Crippen molar-refractivity contribution < 1.29 is 9.34 Å². The molecule has 6 heteroatoms. The largest absolute Gasteiger partial charge is 0.442 e. The van der Waals surface area contributed by atoms with E-state index in [0.717, 1.165) is 5.56 Å². The molecule has 21 heavy (non-hydrogen) atoms. The van der Waals surface area contributed by atoms with Gasteiger partial charge in [-0.2, -0.15) is 5.26 Å². The molecule has 1 aromatic heterocycles. The number of nitro groups is 1. The van der Waals surface area contributed by atoms with Crippen molar-refractivity contribution >= 4 is 17.8 Å². The van der Waals surface area contributed by atoms with E-state index in [1.165, 1.54) is 12.3 Å². The Kier molecular flexibility index (Phi) is 3.85. The molecule has 0 radical (unpaired) electrons. The van der Waals surface area contributed by atoms with Crippen LogP contribution in [0.2, 0.25) is 0 Å². The van der Waals surface area contributed by atoms with Crippen LogP contribution in [-0.4, -0.2) is 11.1 Å². The van der Waals surface area contributed by atoms with E-state index in [1.807, 2.05) is 6.07 Å². The van der Waals surface area contributed by atoms with Gasteiger partial charge >= 0.3 is 0 Å². The number of nitrogens with zero attached hydrogens (tertiary/aromatic N) is 3. The average Bonchev–Trinajstić information content (AvgIpc) is 2.72. The Balaban J connectivity index is 2.39. The Morgan fingerprint density at radius 3 is 2.71 bits per heavy atom. The summed E-state index contributed by atoms with van der Waals surface area (Å²) in [4.78, 5) is 14.6. The van der Waals surface area contributed by atoms with E-state index in [4.69, 9.17) is 9.68 Å². The second-order valence-corrected chi connectivity index (χ2v) is 4.64. The normalized spacial score (nSPS) is 10.8. The lowest BCUT2D eigenvalue weighted by Crippen LogP contribution is -1.93. The summed E-state index contributed by atoms with van der Waals surface area (Å²) in [5, 5.41) is 20.0. The van der Waals surface area contributed by atoms with Crippen LogP contribution in [0.1, 0.15) is 28.0 Å². The highest BCUT2D eigenvalue weighted by molar-refractivity contribution is 5.83. The lowest BCUT2D eigenvalue weighted by atomic mass is 10.1. The van der Waals surface area contributed by atoms with Crippen LogP contribution in [0.25, 0.3) is 0 Å². The molecule has 0 saturated heterocycles. The third-order valence-electron chi connectivity index (χ3n) is 3.24. The lowest BCUT2D eigenvalue weighted by molar-refractivity contribution is -0.385. The molecular formula is C15H13N3O3. The summed E-state index contributed by atoms with van der Waals surface area (Å²) in [5.74, 6) is 0.851. The maximum atomic E-state index is 10.9. The molecule has 0 fully saturated rings. The van der Waals surface area contributed by atoms with Crippen LogP contribution in [0, 0.1) is 42.2 Å². The van der Waals surface area contributed by atoms with Gasteiger partial charge in [0.2, 0.25) is 5.88 Å². The van der Waals surface area contributed by atoms with E-state index in [-0.39, 0.29) is 11.6 Å². The number of rotatable bonds is 3. The van der Waals surface area contributed by atoms with Gasteiger partial charge in [-0.1, -0.05) is 12.1 Å². The van der Waals surface area contributed by atoms with E-state index in [1.54, 1.807) is 32.9 Å². The molecule has 2 aromatic rings. The van der Waals surface area contributed by atoms with Crippen LogP contribution in [0.4, 0.5) is 11.6 Å². The van der Waals surface area contributed by atoms with Gasteiger partial charge in [-0.15, -0.1) is 0 Å². The first-order valence-corrected chi connectivity index (χ1v) is 6.23. The van der Waals surface area contributed by atoms with Crippen molar-refractivity contribution in [1.29, 1.82) is 5.26 Å². The zero-order chi connectivity index (χ0) is 15.6. The van der Waals surface area contributed by atoms with Gasteiger partial charge in [-0.25, -0.2) is 4.99 Å². The molecular weight excluding hydrogens is 270 g/mol. The molecule has 0 N–H and O–H groups in total. The van der Waals surface area contributed by atoms with Crippen molar-refractivity contribution in [1.82, 2.24) is 0 Å². The summed E-state index contributed by atoms with van der Waals surface area (Å²) < 4.78 is 5.41. The van der Waals surface area contributed by atoms with Crippen LogP contribution >= 0.6 is 0 Å². The first kappa shape index (κ1) is 14.5. The highest BCUT2D eigenvalue weighted by Gasteiger charge is 2.13. The fraction of sp³-hybridized carbons (Fsp3) is 0.200. The minimum absolute atomic E-state index is 0.0336. The smallest absolute Gasteiger partial charge is 0.272 e. The molecule has 0 spiro atoms. The van der Waals surface area contributed by atoms with E-state index in [9.17, 15) is 10.1 Å². The molecule has 2 rings (SSSR count). The topological polar surface area (TPSA) is 92.4 Å². The summed E-state index contributed by atoms with van der Waals surface area (Å²) in [6.45, 7) is 5.21. The third kappa shape index (κ3) is 2.82. The summed E-state index contributed by atoms with van der Waals surface area (Å²) >= 11 is 0. The van der Waals surface area contributed by atoms with Crippen molar-refractivity contribution in [2.24, 2.45) is 4.99 Å². The maximum Gasteiger partial charge on any atom is 0.272 e. The predicted octanol–water partition coefficient (Wildman–Crippen LogP) is 3.74. The number of nitro benzene ring substituents is 1. The van der Waals surface area contributed by atoms with Crippen LogP contribution < -0.4 is 0 Å². The first-order valence-electron chi connectivity index (χ1n) is 6.23. The molecule has 0 bridgehead atoms. The number of hydrogen-bond acceptors (Lipinski definition) is 5. The molecule has 6 nitrogen and oxygen atoms in total. The first-order chi connectivity index (χ1) is 9.93. The molecule has 0 aliphatic carbocycles. The number of aliphatic imine (C=N–C) groups is 1. The molecule has 0 atom stereocenters. The van der Waals surface area contributed by atoms with Gasteiger partial charge in [0.15, 0.2) is 0 Å². The van der Waals surface area contributed by atoms with Gasteiger partial charge < -0.3 is 4.42 Å². The fourth-order valence-electron chi connectivity index (χ4n) is 1.87. The number of hydrogen-bond donors (Lipinski definition) is 0. The van der Waals surface area contributed by atoms with Gasteiger partial charge in [-0.05, 0) is 26.3 Å². The second kappa shape index (κ2) is 5.59.